The van der Waals surface area contributed by atoms with Crippen LogP contribution in [0.2, 0.25) is 0 Å². The lowest BCUT2D eigenvalue weighted by atomic mass is 10.1. The number of halogens is 1. The first kappa shape index (κ1) is 14.5. The average Bonchev–Trinajstić information content (AvgIpc) is 2.24. The van der Waals surface area contributed by atoms with Crippen LogP contribution in [0.5, 0.6) is 0 Å². The largest absolute Gasteiger partial charge is 0.392 e. The number of thioether (sulfide) groups is 1. The standard InChI is InChI=1S/C13H20FNOS/c1-8(15)13(17-10(3)9(2)16)11-5-4-6-12(14)7-11/h4-10,13,16H,15H2,1-3H3. The Morgan fingerprint density at radius 1 is 1.29 bits per heavy atom. The SMILES string of the molecule is CC(N)C(SC(C)C(C)O)c1cccc(F)c1. The molecule has 0 fully saturated rings. The Hall–Kier alpha value is -0.580. The average molecular weight is 257 g/mol. The van der Waals surface area contributed by atoms with Crippen molar-refractivity contribution in [3.63, 3.8) is 0 Å². The van der Waals surface area contributed by atoms with Crippen molar-refractivity contribution in [3.8, 4) is 0 Å². The maximum Gasteiger partial charge on any atom is 0.123 e. The van der Waals surface area contributed by atoms with Gasteiger partial charge in [0.1, 0.15) is 5.82 Å². The molecule has 3 N–H and O–H groups in total. The van der Waals surface area contributed by atoms with Gasteiger partial charge in [-0.15, -0.1) is 11.8 Å². The van der Waals surface area contributed by atoms with Crippen LogP contribution in [0.25, 0.3) is 0 Å². The van der Waals surface area contributed by atoms with Crippen LogP contribution < -0.4 is 5.73 Å². The van der Waals surface area contributed by atoms with Crippen molar-refractivity contribution in [2.45, 2.75) is 43.4 Å². The lowest BCUT2D eigenvalue weighted by Gasteiger charge is -2.25. The molecule has 1 rings (SSSR count). The fraction of sp³-hybridized carbons (Fsp3) is 0.538. The predicted molar refractivity (Wildman–Crippen MR) is 71.5 cm³/mol. The Morgan fingerprint density at radius 2 is 1.94 bits per heavy atom. The minimum absolute atomic E-state index is 0.00435. The molecule has 0 bridgehead atoms. The van der Waals surface area contributed by atoms with E-state index in [9.17, 15) is 9.50 Å². The molecule has 0 aliphatic carbocycles. The lowest BCUT2D eigenvalue weighted by molar-refractivity contribution is 0.196. The first-order chi connectivity index (χ1) is 7.91. The molecule has 2 nitrogen and oxygen atoms in total. The summed E-state index contributed by atoms with van der Waals surface area (Å²) in [5.74, 6) is -0.251. The van der Waals surface area contributed by atoms with Gasteiger partial charge in [-0.2, -0.15) is 0 Å². The van der Waals surface area contributed by atoms with Gasteiger partial charge < -0.3 is 10.8 Å². The number of hydrogen-bond donors (Lipinski definition) is 2. The molecule has 0 saturated heterocycles. The molecule has 4 unspecified atom stereocenters. The van der Waals surface area contributed by atoms with Gasteiger partial charge >= 0.3 is 0 Å². The molecule has 0 aliphatic rings. The highest BCUT2D eigenvalue weighted by atomic mass is 32.2. The van der Waals surface area contributed by atoms with Gasteiger partial charge in [-0.25, -0.2) is 4.39 Å². The number of aliphatic hydroxyl groups excluding tert-OH is 1. The normalized spacial score (nSPS) is 18.5. The monoisotopic (exact) mass is 257 g/mol. The van der Waals surface area contributed by atoms with Crippen LogP contribution in [-0.4, -0.2) is 22.5 Å². The van der Waals surface area contributed by atoms with Crippen LogP contribution in [0.4, 0.5) is 4.39 Å². The topological polar surface area (TPSA) is 46.2 Å². The summed E-state index contributed by atoms with van der Waals surface area (Å²) in [6.07, 6.45) is -0.408. The summed E-state index contributed by atoms with van der Waals surface area (Å²) in [5, 5.41) is 9.58. The van der Waals surface area contributed by atoms with Gasteiger partial charge in [0.15, 0.2) is 0 Å². The van der Waals surface area contributed by atoms with Crippen molar-refractivity contribution in [3.05, 3.63) is 35.6 Å². The molecule has 0 spiro atoms. The minimum Gasteiger partial charge on any atom is -0.392 e. The van der Waals surface area contributed by atoms with Gasteiger partial charge in [0.05, 0.1) is 6.10 Å². The van der Waals surface area contributed by atoms with Crippen LogP contribution in [0.1, 0.15) is 31.6 Å². The second-order valence-corrected chi connectivity index (χ2v) is 5.94. The Bertz CT molecular complexity index is 357. The molecule has 0 amide bonds. The molecule has 1 aromatic carbocycles. The highest BCUT2D eigenvalue weighted by Crippen LogP contribution is 2.35. The number of hydrogen-bond acceptors (Lipinski definition) is 3. The molecule has 96 valence electrons. The molecule has 0 aromatic heterocycles. The zero-order chi connectivity index (χ0) is 13.0. The molecule has 0 heterocycles. The zero-order valence-corrected chi connectivity index (χ0v) is 11.2. The van der Waals surface area contributed by atoms with Gasteiger partial charge in [0.25, 0.3) is 0 Å². The maximum atomic E-state index is 13.2. The third-order valence-electron chi connectivity index (χ3n) is 2.70. The molecule has 4 heteroatoms. The number of benzene rings is 1. The smallest absolute Gasteiger partial charge is 0.123 e. The highest BCUT2D eigenvalue weighted by Gasteiger charge is 2.22. The van der Waals surface area contributed by atoms with Crippen molar-refractivity contribution in [1.82, 2.24) is 0 Å². The van der Waals surface area contributed by atoms with E-state index in [0.29, 0.717) is 0 Å². The third-order valence-corrected chi connectivity index (χ3v) is 4.51. The van der Waals surface area contributed by atoms with Gasteiger partial charge in [0.2, 0.25) is 0 Å². The van der Waals surface area contributed by atoms with E-state index in [2.05, 4.69) is 0 Å². The van der Waals surface area contributed by atoms with Crippen LogP contribution in [0.15, 0.2) is 24.3 Å². The first-order valence-electron chi connectivity index (χ1n) is 5.76. The summed E-state index contributed by atoms with van der Waals surface area (Å²) in [6, 6.07) is 6.40. The third kappa shape index (κ3) is 4.30. The summed E-state index contributed by atoms with van der Waals surface area (Å²) >= 11 is 1.58. The number of nitrogens with two attached hydrogens (primary N) is 1. The molecule has 4 atom stereocenters. The molecule has 0 radical (unpaired) electrons. The minimum atomic E-state index is -0.408. The Morgan fingerprint density at radius 3 is 2.41 bits per heavy atom. The van der Waals surface area contributed by atoms with E-state index in [1.54, 1.807) is 24.8 Å². The number of aliphatic hydroxyl groups is 1. The number of rotatable bonds is 5. The predicted octanol–water partition coefficient (Wildman–Crippen LogP) is 2.72. The van der Waals surface area contributed by atoms with Crippen LogP contribution in [0, 0.1) is 5.82 Å². The van der Waals surface area contributed by atoms with Gasteiger partial charge in [0, 0.05) is 16.5 Å². The summed E-state index contributed by atoms with van der Waals surface area (Å²) in [7, 11) is 0. The lowest BCUT2D eigenvalue weighted by Crippen LogP contribution is -2.26. The van der Waals surface area contributed by atoms with E-state index in [-0.39, 0.29) is 22.4 Å². The van der Waals surface area contributed by atoms with Crippen LogP contribution in [-0.2, 0) is 0 Å². The van der Waals surface area contributed by atoms with Gasteiger partial charge in [-0.1, -0.05) is 19.1 Å². The summed E-state index contributed by atoms with van der Waals surface area (Å²) in [5.41, 5.74) is 6.81. The summed E-state index contributed by atoms with van der Waals surface area (Å²) < 4.78 is 13.2. The van der Waals surface area contributed by atoms with Gasteiger partial charge in [-0.3, -0.25) is 0 Å². The van der Waals surface area contributed by atoms with Crippen LogP contribution in [0.3, 0.4) is 0 Å². The van der Waals surface area contributed by atoms with Crippen LogP contribution >= 0.6 is 11.8 Å². The Balaban J connectivity index is 2.86. The molecular formula is C13H20FNOS. The summed E-state index contributed by atoms with van der Waals surface area (Å²) in [6.45, 7) is 5.60. The molecule has 0 saturated carbocycles. The van der Waals surface area contributed by atoms with E-state index < -0.39 is 6.10 Å². The highest BCUT2D eigenvalue weighted by molar-refractivity contribution is 8.00. The van der Waals surface area contributed by atoms with Crippen molar-refractivity contribution in [2.24, 2.45) is 5.73 Å². The van der Waals surface area contributed by atoms with Crippen molar-refractivity contribution < 1.29 is 9.50 Å². The van der Waals surface area contributed by atoms with E-state index in [4.69, 9.17) is 5.73 Å². The fourth-order valence-electron chi connectivity index (χ4n) is 1.53. The zero-order valence-electron chi connectivity index (χ0n) is 10.4. The second-order valence-electron chi connectivity index (χ2n) is 4.42. The maximum absolute atomic E-state index is 13.2. The molecule has 17 heavy (non-hydrogen) atoms. The Labute approximate surface area is 106 Å². The van der Waals surface area contributed by atoms with E-state index in [0.717, 1.165) is 5.56 Å². The van der Waals surface area contributed by atoms with E-state index in [1.165, 1.54) is 12.1 Å². The van der Waals surface area contributed by atoms with Crippen molar-refractivity contribution >= 4 is 11.8 Å². The molecular weight excluding hydrogens is 237 g/mol. The molecule has 0 aliphatic heterocycles. The Kier molecular flexibility index (Phi) is 5.43. The van der Waals surface area contributed by atoms with Gasteiger partial charge in [-0.05, 0) is 31.5 Å². The molecule has 1 aromatic rings. The van der Waals surface area contributed by atoms with Crippen molar-refractivity contribution in [2.75, 3.05) is 0 Å². The van der Waals surface area contributed by atoms with E-state index in [1.807, 2.05) is 19.9 Å². The quantitative estimate of drug-likeness (QED) is 0.852. The van der Waals surface area contributed by atoms with E-state index >= 15 is 0 Å². The first-order valence-corrected chi connectivity index (χ1v) is 6.70. The fourth-order valence-corrected chi connectivity index (χ4v) is 2.78. The second kappa shape index (κ2) is 6.38. The van der Waals surface area contributed by atoms with Crippen molar-refractivity contribution in [1.29, 1.82) is 0 Å². The summed E-state index contributed by atoms with van der Waals surface area (Å²) in [4.78, 5) is 0.